The van der Waals surface area contributed by atoms with Crippen LogP contribution in [0.2, 0.25) is 5.02 Å². The standard InChI is InChI=1S/C18H15ClN2O4/c1-12(14-9-5-6-10-15(14)19)24-16(22)11-21-18(23)25-17(20-21)13-7-3-2-4-8-13/h2-10,12H,11H2,1H3/t12-/m1/s1. The lowest BCUT2D eigenvalue weighted by Crippen LogP contribution is -2.23. The summed E-state index contributed by atoms with van der Waals surface area (Å²) in [6.07, 6.45) is -0.544. The van der Waals surface area contributed by atoms with Crippen molar-refractivity contribution in [3.05, 3.63) is 75.7 Å². The molecule has 0 saturated carbocycles. The third kappa shape index (κ3) is 3.97. The van der Waals surface area contributed by atoms with Crippen molar-refractivity contribution in [2.45, 2.75) is 19.6 Å². The average Bonchev–Trinajstić information content (AvgIpc) is 2.96. The number of carbonyl (C=O) groups is 1. The van der Waals surface area contributed by atoms with Gasteiger partial charge in [0.25, 0.3) is 0 Å². The van der Waals surface area contributed by atoms with Crippen molar-refractivity contribution in [2.24, 2.45) is 0 Å². The summed E-state index contributed by atoms with van der Waals surface area (Å²) in [6, 6.07) is 16.0. The molecule has 3 rings (SSSR count). The zero-order valence-corrected chi connectivity index (χ0v) is 14.1. The second-order valence-corrected chi connectivity index (χ2v) is 5.76. The summed E-state index contributed by atoms with van der Waals surface area (Å²) in [5, 5.41) is 4.54. The van der Waals surface area contributed by atoms with Crippen LogP contribution >= 0.6 is 11.6 Å². The monoisotopic (exact) mass is 358 g/mol. The summed E-state index contributed by atoms with van der Waals surface area (Å²) in [6.45, 7) is 1.37. The molecule has 1 atom stereocenters. The molecular formula is C18H15ClN2O4. The third-order valence-corrected chi connectivity index (χ3v) is 3.90. The molecule has 1 aromatic heterocycles. The number of ether oxygens (including phenoxy) is 1. The van der Waals surface area contributed by atoms with Crippen LogP contribution in [0.25, 0.3) is 11.5 Å². The molecule has 0 aliphatic rings. The fourth-order valence-electron chi connectivity index (χ4n) is 2.33. The molecule has 3 aromatic rings. The van der Waals surface area contributed by atoms with Crippen LogP contribution in [0, 0.1) is 0 Å². The highest BCUT2D eigenvalue weighted by molar-refractivity contribution is 6.31. The van der Waals surface area contributed by atoms with Crippen molar-refractivity contribution < 1.29 is 13.9 Å². The fourth-order valence-corrected chi connectivity index (χ4v) is 2.62. The normalized spacial score (nSPS) is 11.9. The van der Waals surface area contributed by atoms with Gasteiger partial charge in [-0.15, -0.1) is 5.10 Å². The number of aromatic nitrogens is 2. The lowest BCUT2D eigenvalue weighted by atomic mass is 10.1. The van der Waals surface area contributed by atoms with Crippen LogP contribution in [-0.4, -0.2) is 15.7 Å². The van der Waals surface area contributed by atoms with Crippen LogP contribution in [0.1, 0.15) is 18.6 Å². The summed E-state index contributed by atoms with van der Waals surface area (Å²) in [4.78, 5) is 24.0. The number of hydrogen-bond acceptors (Lipinski definition) is 5. The van der Waals surface area contributed by atoms with E-state index in [9.17, 15) is 9.59 Å². The van der Waals surface area contributed by atoms with Gasteiger partial charge in [-0.2, -0.15) is 4.68 Å². The zero-order chi connectivity index (χ0) is 17.8. The Morgan fingerprint density at radius 2 is 1.88 bits per heavy atom. The first kappa shape index (κ1) is 17.0. The van der Waals surface area contributed by atoms with E-state index in [4.69, 9.17) is 20.8 Å². The average molecular weight is 359 g/mol. The molecule has 0 fully saturated rings. The molecule has 0 bridgehead atoms. The first-order chi connectivity index (χ1) is 12.0. The van der Waals surface area contributed by atoms with Crippen LogP contribution in [-0.2, 0) is 16.1 Å². The Morgan fingerprint density at radius 1 is 1.20 bits per heavy atom. The van der Waals surface area contributed by atoms with Gasteiger partial charge in [-0.1, -0.05) is 48.0 Å². The second-order valence-electron chi connectivity index (χ2n) is 5.35. The third-order valence-electron chi connectivity index (χ3n) is 3.56. The van der Waals surface area contributed by atoms with Crippen LogP contribution < -0.4 is 5.76 Å². The molecule has 2 aromatic carbocycles. The molecule has 0 N–H and O–H groups in total. The number of esters is 1. The molecule has 0 saturated heterocycles. The maximum Gasteiger partial charge on any atom is 0.437 e. The molecule has 0 aliphatic heterocycles. The largest absolute Gasteiger partial charge is 0.456 e. The quantitative estimate of drug-likeness (QED) is 0.653. The molecule has 0 radical (unpaired) electrons. The van der Waals surface area contributed by atoms with E-state index in [2.05, 4.69) is 5.10 Å². The van der Waals surface area contributed by atoms with E-state index < -0.39 is 17.8 Å². The number of carbonyl (C=O) groups excluding carboxylic acids is 1. The van der Waals surface area contributed by atoms with E-state index in [0.29, 0.717) is 16.1 Å². The summed E-state index contributed by atoms with van der Waals surface area (Å²) < 4.78 is 11.3. The Hall–Kier alpha value is -2.86. The van der Waals surface area contributed by atoms with Crippen LogP contribution in [0.3, 0.4) is 0 Å². The Labute approximate surface area is 148 Å². The van der Waals surface area contributed by atoms with E-state index in [-0.39, 0.29) is 12.4 Å². The second kappa shape index (κ2) is 7.36. The number of rotatable bonds is 5. The van der Waals surface area contributed by atoms with Gasteiger partial charge in [0.1, 0.15) is 12.6 Å². The minimum atomic E-state index is -0.721. The van der Waals surface area contributed by atoms with Crippen LogP contribution in [0.5, 0.6) is 0 Å². The summed E-state index contributed by atoms with van der Waals surface area (Å²) >= 11 is 6.09. The number of benzene rings is 2. The zero-order valence-electron chi connectivity index (χ0n) is 13.4. The molecule has 0 aliphatic carbocycles. The predicted octanol–water partition coefficient (Wildman–Crippen LogP) is 3.46. The Balaban J connectivity index is 1.70. The fraction of sp³-hybridized carbons (Fsp3) is 0.167. The summed E-state index contributed by atoms with van der Waals surface area (Å²) in [7, 11) is 0. The minimum Gasteiger partial charge on any atom is -0.456 e. The van der Waals surface area contributed by atoms with Gasteiger partial charge in [0.05, 0.1) is 0 Å². The topological polar surface area (TPSA) is 74.3 Å². The highest BCUT2D eigenvalue weighted by atomic mass is 35.5. The van der Waals surface area contributed by atoms with Gasteiger partial charge in [-0.05, 0) is 25.1 Å². The molecule has 0 amide bonds. The van der Waals surface area contributed by atoms with Gasteiger partial charge in [-0.25, -0.2) is 4.79 Å². The van der Waals surface area contributed by atoms with E-state index >= 15 is 0 Å². The lowest BCUT2D eigenvalue weighted by Gasteiger charge is -2.14. The maximum absolute atomic E-state index is 12.1. The molecule has 6 nitrogen and oxygen atoms in total. The highest BCUT2D eigenvalue weighted by Gasteiger charge is 2.18. The summed E-state index contributed by atoms with van der Waals surface area (Å²) in [5.74, 6) is -1.18. The highest BCUT2D eigenvalue weighted by Crippen LogP contribution is 2.25. The van der Waals surface area contributed by atoms with Crippen molar-refractivity contribution in [1.29, 1.82) is 0 Å². The molecule has 0 spiro atoms. The molecule has 25 heavy (non-hydrogen) atoms. The van der Waals surface area contributed by atoms with Crippen molar-refractivity contribution in [3.63, 3.8) is 0 Å². The molecule has 7 heteroatoms. The summed E-state index contributed by atoms with van der Waals surface area (Å²) in [5.41, 5.74) is 1.34. The molecule has 0 unspecified atom stereocenters. The minimum absolute atomic E-state index is 0.151. The predicted molar refractivity (Wildman–Crippen MR) is 92.2 cm³/mol. The van der Waals surface area contributed by atoms with Gasteiger partial charge >= 0.3 is 11.7 Å². The number of halogens is 1. The van der Waals surface area contributed by atoms with Gasteiger partial charge in [0.2, 0.25) is 5.89 Å². The number of nitrogens with zero attached hydrogens (tertiary/aromatic N) is 2. The smallest absolute Gasteiger partial charge is 0.437 e. The van der Waals surface area contributed by atoms with Crippen molar-refractivity contribution in [2.75, 3.05) is 0 Å². The van der Waals surface area contributed by atoms with Crippen LogP contribution in [0.15, 0.2) is 63.8 Å². The van der Waals surface area contributed by atoms with Crippen molar-refractivity contribution in [3.8, 4) is 11.5 Å². The maximum atomic E-state index is 12.1. The Morgan fingerprint density at radius 3 is 2.60 bits per heavy atom. The van der Waals surface area contributed by atoms with Crippen molar-refractivity contribution >= 4 is 17.6 Å². The Kier molecular flexibility index (Phi) is 5.00. The molecular weight excluding hydrogens is 344 g/mol. The van der Waals surface area contributed by atoms with E-state index in [1.54, 1.807) is 55.5 Å². The first-order valence-corrected chi connectivity index (χ1v) is 7.99. The van der Waals surface area contributed by atoms with Crippen molar-refractivity contribution in [1.82, 2.24) is 9.78 Å². The first-order valence-electron chi connectivity index (χ1n) is 7.62. The van der Waals surface area contributed by atoms with Gasteiger partial charge < -0.3 is 9.15 Å². The van der Waals surface area contributed by atoms with Crippen LogP contribution in [0.4, 0.5) is 0 Å². The van der Waals surface area contributed by atoms with E-state index in [1.807, 2.05) is 6.07 Å². The van der Waals surface area contributed by atoms with Gasteiger partial charge in [0.15, 0.2) is 0 Å². The van der Waals surface area contributed by atoms with E-state index in [0.717, 1.165) is 4.68 Å². The SMILES string of the molecule is C[C@@H](OC(=O)Cn1nc(-c2ccccc2)oc1=O)c1ccccc1Cl. The van der Waals surface area contributed by atoms with Gasteiger partial charge in [-0.3, -0.25) is 4.79 Å². The molecule has 128 valence electrons. The Bertz CT molecular complexity index is 934. The number of hydrogen-bond donors (Lipinski definition) is 0. The lowest BCUT2D eigenvalue weighted by molar-refractivity contribution is -0.149. The molecule has 1 heterocycles. The van der Waals surface area contributed by atoms with Gasteiger partial charge in [0, 0.05) is 16.1 Å². The van der Waals surface area contributed by atoms with E-state index in [1.165, 1.54) is 0 Å².